The van der Waals surface area contributed by atoms with E-state index in [0.717, 1.165) is 18.8 Å². The van der Waals surface area contributed by atoms with Gasteiger partial charge in [-0.15, -0.1) is 0 Å². The topological polar surface area (TPSA) is 70.1 Å². The maximum atomic E-state index is 13.5. The molecule has 1 amide bonds. The van der Waals surface area contributed by atoms with Gasteiger partial charge in [0, 0.05) is 35.1 Å². The van der Waals surface area contributed by atoms with E-state index in [1.807, 2.05) is 38.1 Å². The summed E-state index contributed by atoms with van der Waals surface area (Å²) in [4.78, 5) is 30.5. The molecule has 0 aliphatic carbocycles. The first-order valence-electron chi connectivity index (χ1n) is 12.9. The van der Waals surface area contributed by atoms with Gasteiger partial charge in [-0.25, -0.2) is 0 Å². The monoisotopic (exact) mass is 532 g/mol. The fourth-order valence-electron chi connectivity index (χ4n) is 4.65. The van der Waals surface area contributed by atoms with Gasteiger partial charge in [-0.05, 0) is 67.8 Å². The molecule has 0 radical (unpaired) electrons. The Hall–Kier alpha value is -3.77. The van der Waals surface area contributed by atoms with Crippen molar-refractivity contribution < 1.29 is 19.4 Å². The lowest BCUT2D eigenvalue weighted by Gasteiger charge is -2.27. The number of anilines is 2. The number of hydrogen-bond donors (Lipinski definition) is 1. The van der Waals surface area contributed by atoms with E-state index in [4.69, 9.17) is 16.3 Å². The second-order valence-electron chi connectivity index (χ2n) is 9.65. The lowest BCUT2D eigenvalue weighted by atomic mass is 9.94. The van der Waals surface area contributed by atoms with Crippen molar-refractivity contribution in [1.82, 2.24) is 0 Å². The molecule has 7 heteroatoms. The van der Waals surface area contributed by atoms with E-state index in [1.54, 1.807) is 48.5 Å². The van der Waals surface area contributed by atoms with Gasteiger partial charge in [0.1, 0.15) is 11.5 Å². The molecule has 38 heavy (non-hydrogen) atoms. The van der Waals surface area contributed by atoms with E-state index in [1.165, 1.54) is 4.90 Å². The van der Waals surface area contributed by atoms with Crippen LogP contribution in [0.2, 0.25) is 5.02 Å². The molecule has 4 rings (SSSR count). The lowest BCUT2D eigenvalue weighted by molar-refractivity contribution is -0.132. The smallest absolute Gasteiger partial charge is 0.300 e. The van der Waals surface area contributed by atoms with E-state index in [2.05, 4.69) is 18.7 Å². The molecule has 1 saturated heterocycles. The van der Waals surface area contributed by atoms with Crippen molar-refractivity contribution in [2.24, 2.45) is 5.92 Å². The summed E-state index contributed by atoms with van der Waals surface area (Å²) in [5, 5.41) is 11.9. The molecule has 1 fully saturated rings. The Morgan fingerprint density at radius 1 is 1.00 bits per heavy atom. The van der Waals surface area contributed by atoms with Crippen molar-refractivity contribution in [2.45, 2.75) is 33.7 Å². The molecule has 1 unspecified atom stereocenters. The van der Waals surface area contributed by atoms with Gasteiger partial charge in [0.05, 0.1) is 18.2 Å². The fourth-order valence-corrected chi connectivity index (χ4v) is 4.83. The molecule has 1 heterocycles. The zero-order valence-electron chi connectivity index (χ0n) is 22.1. The van der Waals surface area contributed by atoms with Gasteiger partial charge in [-0.1, -0.05) is 55.8 Å². The molecule has 3 aromatic rings. The Kier molecular flexibility index (Phi) is 8.42. The van der Waals surface area contributed by atoms with Crippen molar-refractivity contribution in [3.8, 4) is 5.75 Å². The lowest BCUT2D eigenvalue weighted by Crippen LogP contribution is -2.29. The van der Waals surface area contributed by atoms with Crippen molar-refractivity contribution in [3.63, 3.8) is 0 Å². The fraction of sp³-hybridized carbons (Fsp3) is 0.290. The quantitative estimate of drug-likeness (QED) is 0.185. The molecule has 3 aromatic carbocycles. The second-order valence-corrected chi connectivity index (χ2v) is 10.1. The van der Waals surface area contributed by atoms with E-state index in [0.29, 0.717) is 40.1 Å². The molecule has 0 saturated carbocycles. The zero-order chi connectivity index (χ0) is 27.4. The maximum absolute atomic E-state index is 13.5. The highest BCUT2D eigenvalue weighted by atomic mass is 35.5. The normalized spacial score (nSPS) is 16.8. The van der Waals surface area contributed by atoms with Gasteiger partial charge >= 0.3 is 0 Å². The van der Waals surface area contributed by atoms with Crippen LogP contribution in [-0.2, 0) is 9.59 Å². The number of Topliss-reactive ketones (excluding diaryl/α,β-unsaturated/α-hetero) is 1. The Morgan fingerprint density at radius 3 is 2.32 bits per heavy atom. The zero-order valence-corrected chi connectivity index (χ0v) is 22.9. The van der Waals surface area contributed by atoms with E-state index in [9.17, 15) is 14.7 Å². The third-order valence-electron chi connectivity index (χ3n) is 6.56. The average Bonchev–Trinajstić information content (AvgIpc) is 3.18. The average molecular weight is 533 g/mol. The first-order chi connectivity index (χ1) is 18.2. The Bertz CT molecular complexity index is 1350. The number of halogens is 1. The van der Waals surface area contributed by atoms with Crippen molar-refractivity contribution >= 4 is 40.4 Å². The molecule has 0 aromatic heterocycles. The number of aliphatic hydroxyl groups is 1. The number of amides is 1. The standard InChI is InChI=1S/C31H33ClN2O4/c1-5-33(6-2)24-15-13-21(14-16-24)28-27(29(35)22-9-7-12-26(17-22)38-19-20(3)4)30(36)31(37)34(28)25-11-8-10-23(32)18-25/h7-18,20,28,35H,5-6,19H2,1-4H3/b29-27+. The van der Waals surface area contributed by atoms with E-state index in [-0.39, 0.29) is 11.3 Å². The molecule has 1 atom stereocenters. The molecule has 0 spiro atoms. The van der Waals surface area contributed by atoms with Crippen LogP contribution in [0, 0.1) is 5.92 Å². The second kappa shape index (κ2) is 11.7. The molecule has 1 N–H and O–H groups in total. The maximum Gasteiger partial charge on any atom is 0.300 e. The molecule has 198 valence electrons. The number of ketones is 1. The molecule has 6 nitrogen and oxygen atoms in total. The van der Waals surface area contributed by atoms with Gasteiger partial charge in [0.25, 0.3) is 11.7 Å². The number of carbonyl (C=O) groups excluding carboxylic acids is 2. The molecular weight excluding hydrogens is 500 g/mol. The summed E-state index contributed by atoms with van der Waals surface area (Å²) in [5.41, 5.74) is 2.64. The third-order valence-corrected chi connectivity index (χ3v) is 6.79. The van der Waals surface area contributed by atoms with E-state index >= 15 is 0 Å². The predicted octanol–water partition coefficient (Wildman–Crippen LogP) is 6.85. The number of rotatable bonds is 9. The number of ether oxygens (including phenoxy) is 1. The van der Waals surface area contributed by atoms with Crippen LogP contribution < -0.4 is 14.5 Å². The highest BCUT2D eigenvalue weighted by Crippen LogP contribution is 2.43. The SMILES string of the molecule is CCN(CC)c1ccc(C2/C(=C(\O)c3cccc(OCC(C)C)c3)C(=O)C(=O)N2c2cccc(Cl)c2)cc1. The summed E-state index contributed by atoms with van der Waals surface area (Å²) < 4.78 is 5.83. The molecular formula is C31H33ClN2O4. The van der Waals surface area contributed by atoms with Crippen LogP contribution in [0.4, 0.5) is 11.4 Å². The number of aliphatic hydroxyl groups excluding tert-OH is 1. The Morgan fingerprint density at radius 2 is 1.68 bits per heavy atom. The highest BCUT2D eigenvalue weighted by Gasteiger charge is 2.47. The van der Waals surface area contributed by atoms with Gasteiger partial charge < -0.3 is 14.7 Å². The van der Waals surface area contributed by atoms with Gasteiger partial charge in [-0.2, -0.15) is 0 Å². The van der Waals surface area contributed by atoms with Crippen molar-refractivity contribution in [3.05, 3.63) is 94.5 Å². The molecule has 1 aliphatic rings. The highest BCUT2D eigenvalue weighted by molar-refractivity contribution is 6.51. The van der Waals surface area contributed by atoms with Crippen LogP contribution in [0.5, 0.6) is 5.75 Å². The number of carbonyl (C=O) groups is 2. The summed E-state index contributed by atoms with van der Waals surface area (Å²) in [6.07, 6.45) is 0. The van der Waals surface area contributed by atoms with E-state index < -0.39 is 17.7 Å². The van der Waals surface area contributed by atoms with Crippen LogP contribution in [0.25, 0.3) is 5.76 Å². The van der Waals surface area contributed by atoms with Crippen LogP contribution in [0.15, 0.2) is 78.4 Å². The van der Waals surface area contributed by atoms with Crippen LogP contribution >= 0.6 is 11.6 Å². The van der Waals surface area contributed by atoms with Crippen LogP contribution in [0.1, 0.15) is 44.9 Å². The number of nitrogens with zero attached hydrogens (tertiary/aromatic N) is 2. The van der Waals surface area contributed by atoms with Gasteiger partial charge in [-0.3, -0.25) is 14.5 Å². The van der Waals surface area contributed by atoms with Crippen LogP contribution in [0.3, 0.4) is 0 Å². The summed E-state index contributed by atoms with van der Waals surface area (Å²) in [7, 11) is 0. The third kappa shape index (κ3) is 5.55. The summed E-state index contributed by atoms with van der Waals surface area (Å²) >= 11 is 6.25. The Labute approximate surface area is 229 Å². The minimum atomic E-state index is -0.834. The minimum absolute atomic E-state index is 0.0200. The predicted molar refractivity (Wildman–Crippen MR) is 153 cm³/mol. The van der Waals surface area contributed by atoms with Gasteiger partial charge in [0.15, 0.2) is 0 Å². The number of benzene rings is 3. The van der Waals surface area contributed by atoms with Crippen LogP contribution in [-0.4, -0.2) is 36.5 Å². The largest absolute Gasteiger partial charge is 0.507 e. The summed E-state index contributed by atoms with van der Waals surface area (Å²) in [5.74, 6) is -0.824. The Balaban J connectivity index is 1.85. The number of hydrogen-bond acceptors (Lipinski definition) is 5. The first kappa shape index (κ1) is 27.3. The summed E-state index contributed by atoms with van der Waals surface area (Å²) in [6.45, 7) is 10.5. The van der Waals surface area contributed by atoms with Crippen molar-refractivity contribution in [2.75, 3.05) is 29.5 Å². The first-order valence-corrected chi connectivity index (χ1v) is 13.3. The van der Waals surface area contributed by atoms with Gasteiger partial charge in [0.2, 0.25) is 0 Å². The van der Waals surface area contributed by atoms with Crippen molar-refractivity contribution in [1.29, 1.82) is 0 Å². The molecule has 1 aliphatic heterocycles. The minimum Gasteiger partial charge on any atom is -0.507 e. The summed E-state index contributed by atoms with van der Waals surface area (Å²) in [6, 6.07) is 20.7. The molecule has 0 bridgehead atoms.